The van der Waals surface area contributed by atoms with E-state index >= 15 is 0 Å². The molecule has 1 aromatic carbocycles. The van der Waals surface area contributed by atoms with Crippen LogP contribution in [0, 0.1) is 6.92 Å². The third kappa shape index (κ3) is 2.87. The number of likely N-dealkylation sites (tertiary alicyclic amines) is 1. The topological polar surface area (TPSA) is 80.3 Å². The van der Waals surface area contributed by atoms with Gasteiger partial charge in [-0.1, -0.05) is 12.1 Å². The van der Waals surface area contributed by atoms with Gasteiger partial charge in [-0.15, -0.1) is 0 Å². The predicted octanol–water partition coefficient (Wildman–Crippen LogP) is 3.08. The average Bonchev–Trinajstić information content (AvgIpc) is 3.41. The van der Waals surface area contributed by atoms with E-state index in [4.69, 9.17) is 0 Å². The number of amides is 2. The van der Waals surface area contributed by atoms with Gasteiger partial charge in [0.25, 0.3) is 0 Å². The Hall–Kier alpha value is -3.42. The predicted molar refractivity (Wildman–Crippen MR) is 106 cm³/mol. The van der Waals surface area contributed by atoms with Crippen molar-refractivity contribution >= 4 is 28.5 Å². The number of imidazole rings is 2. The molecule has 1 aliphatic rings. The van der Waals surface area contributed by atoms with Crippen molar-refractivity contribution in [3.8, 4) is 0 Å². The van der Waals surface area contributed by atoms with Crippen molar-refractivity contribution in [2.45, 2.75) is 32.4 Å². The molecule has 0 spiro atoms. The van der Waals surface area contributed by atoms with E-state index in [0.29, 0.717) is 11.5 Å². The number of para-hydroxylation sites is 2. The summed E-state index contributed by atoms with van der Waals surface area (Å²) < 4.78 is 4.00. The molecule has 5 rings (SSSR count). The fourth-order valence-corrected chi connectivity index (χ4v) is 4.01. The van der Waals surface area contributed by atoms with Crippen LogP contribution in [0.15, 0.2) is 49.1 Å². The summed E-state index contributed by atoms with van der Waals surface area (Å²) in [5.74, 6) is 1.59. The number of aryl methyl sites for hydroxylation is 1. The van der Waals surface area contributed by atoms with Crippen molar-refractivity contribution in [2.24, 2.45) is 0 Å². The van der Waals surface area contributed by atoms with Gasteiger partial charge in [0.05, 0.1) is 29.0 Å². The third-order valence-corrected chi connectivity index (χ3v) is 5.37. The van der Waals surface area contributed by atoms with Crippen LogP contribution in [-0.2, 0) is 6.54 Å². The van der Waals surface area contributed by atoms with Crippen LogP contribution >= 0.6 is 0 Å². The van der Waals surface area contributed by atoms with Gasteiger partial charge in [-0.2, -0.15) is 0 Å². The highest BCUT2D eigenvalue weighted by atomic mass is 16.2. The molecule has 0 bridgehead atoms. The first-order valence-corrected chi connectivity index (χ1v) is 9.47. The molecule has 1 atom stereocenters. The van der Waals surface area contributed by atoms with Gasteiger partial charge < -0.3 is 14.8 Å². The van der Waals surface area contributed by atoms with E-state index in [1.807, 2.05) is 42.4 Å². The lowest BCUT2D eigenvalue weighted by atomic mass is 10.2. The number of fused-ring (bicyclic) bond motifs is 2. The minimum Gasteiger partial charge on any atom is -0.326 e. The Balaban J connectivity index is 1.35. The highest BCUT2D eigenvalue weighted by Gasteiger charge is 2.30. The SMILES string of the molecule is Cc1nc2ccccc2n1CC1CCCN1C(=O)Nc1cnc2nccn2c1. The van der Waals surface area contributed by atoms with Gasteiger partial charge in [-0.25, -0.2) is 19.7 Å². The molecule has 4 heterocycles. The largest absolute Gasteiger partial charge is 0.326 e. The third-order valence-electron chi connectivity index (χ3n) is 5.37. The first-order valence-electron chi connectivity index (χ1n) is 9.47. The number of hydrogen-bond donors (Lipinski definition) is 1. The number of carbonyl (C=O) groups is 1. The molecule has 8 heteroatoms. The van der Waals surface area contributed by atoms with Crippen LogP contribution < -0.4 is 5.32 Å². The molecule has 28 heavy (non-hydrogen) atoms. The number of anilines is 1. The number of nitrogens with zero attached hydrogens (tertiary/aromatic N) is 6. The normalized spacial score (nSPS) is 16.9. The minimum absolute atomic E-state index is 0.0918. The van der Waals surface area contributed by atoms with Crippen LogP contribution in [0.5, 0.6) is 0 Å². The lowest BCUT2D eigenvalue weighted by molar-refractivity contribution is 0.201. The van der Waals surface area contributed by atoms with Gasteiger partial charge in [0.2, 0.25) is 5.78 Å². The van der Waals surface area contributed by atoms with Gasteiger partial charge in [-0.3, -0.25) is 4.40 Å². The second kappa shape index (κ2) is 6.63. The molecule has 8 nitrogen and oxygen atoms in total. The van der Waals surface area contributed by atoms with Gasteiger partial charge in [0.15, 0.2) is 0 Å². The molecule has 0 radical (unpaired) electrons. The Labute approximate surface area is 161 Å². The molecule has 0 aliphatic carbocycles. The van der Waals surface area contributed by atoms with Crippen LogP contribution in [0.3, 0.4) is 0 Å². The van der Waals surface area contributed by atoms with Crippen LogP contribution in [0.25, 0.3) is 16.8 Å². The molecule has 4 aromatic rings. The van der Waals surface area contributed by atoms with E-state index in [9.17, 15) is 4.79 Å². The maximum atomic E-state index is 12.9. The fraction of sp³-hybridized carbons (Fsp3) is 0.300. The van der Waals surface area contributed by atoms with E-state index in [1.165, 1.54) is 0 Å². The Morgan fingerprint density at radius 2 is 2.18 bits per heavy atom. The molecule has 1 fully saturated rings. The second-order valence-corrected chi connectivity index (χ2v) is 7.16. The molecular formula is C20H21N7O. The second-order valence-electron chi connectivity index (χ2n) is 7.16. The van der Waals surface area contributed by atoms with E-state index in [1.54, 1.807) is 16.8 Å². The zero-order valence-electron chi connectivity index (χ0n) is 15.6. The summed E-state index contributed by atoms with van der Waals surface area (Å²) >= 11 is 0. The highest BCUT2D eigenvalue weighted by Crippen LogP contribution is 2.23. The summed E-state index contributed by atoms with van der Waals surface area (Å²) in [7, 11) is 0. The molecule has 142 valence electrons. The fourth-order valence-electron chi connectivity index (χ4n) is 4.01. The van der Waals surface area contributed by atoms with Crippen LogP contribution in [0.2, 0.25) is 0 Å². The average molecular weight is 375 g/mol. The number of urea groups is 1. The summed E-state index contributed by atoms with van der Waals surface area (Å²) in [4.78, 5) is 27.9. The summed E-state index contributed by atoms with van der Waals surface area (Å²) in [5, 5.41) is 2.98. The molecule has 1 saturated heterocycles. The van der Waals surface area contributed by atoms with Crippen molar-refractivity contribution in [3.05, 3.63) is 54.9 Å². The summed E-state index contributed by atoms with van der Waals surface area (Å²) in [6.45, 7) is 3.52. The van der Waals surface area contributed by atoms with Crippen LogP contribution in [-0.4, -0.2) is 47.4 Å². The van der Waals surface area contributed by atoms with Gasteiger partial charge in [0, 0.05) is 31.7 Å². The van der Waals surface area contributed by atoms with Gasteiger partial charge in [0.1, 0.15) is 5.82 Å². The van der Waals surface area contributed by atoms with Crippen LogP contribution in [0.1, 0.15) is 18.7 Å². The Morgan fingerprint density at radius 3 is 3.11 bits per heavy atom. The van der Waals surface area contributed by atoms with Gasteiger partial charge >= 0.3 is 6.03 Å². The number of aromatic nitrogens is 5. The minimum atomic E-state index is -0.0918. The summed E-state index contributed by atoms with van der Waals surface area (Å²) in [6.07, 6.45) is 8.94. The van der Waals surface area contributed by atoms with Crippen molar-refractivity contribution in [1.29, 1.82) is 0 Å². The number of rotatable bonds is 3. The Morgan fingerprint density at radius 1 is 1.29 bits per heavy atom. The van der Waals surface area contributed by atoms with Crippen molar-refractivity contribution in [2.75, 3.05) is 11.9 Å². The molecule has 1 unspecified atom stereocenters. The molecule has 1 aliphatic heterocycles. The van der Waals surface area contributed by atoms with E-state index < -0.39 is 0 Å². The standard InChI is InChI=1S/C20H21N7O/c1-14-23-17-6-2-3-7-18(17)27(14)13-16-5-4-9-26(16)20(28)24-15-11-22-19-21-8-10-25(19)12-15/h2-3,6-8,10-12,16H,4-5,9,13H2,1H3,(H,24,28). The lowest BCUT2D eigenvalue weighted by Gasteiger charge is -2.26. The lowest BCUT2D eigenvalue weighted by Crippen LogP contribution is -2.41. The highest BCUT2D eigenvalue weighted by molar-refractivity contribution is 5.89. The molecule has 0 saturated carbocycles. The van der Waals surface area contributed by atoms with E-state index in [-0.39, 0.29) is 12.1 Å². The van der Waals surface area contributed by atoms with Gasteiger partial charge in [-0.05, 0) is 31.9 Å². The zero-order valence-corrected chi connectivity index (χ0v) is 15.6. The molecular weight excluding hydrogens is 354 g/mol. The molecule has 1 N–H and O–H groups in total. The molecule has 3 aromatic heterocycles. The van der Waals surface area contributed by atoms with Crippen molar-refractivity contribution < 1.29 is 4.79 Å². The number of benzene rings is 1. The first kappa shape index (κ1) is 16.7. The Kier molecular flexibility index (Phi) is 3.96. The summed E-state index contributed by atoms with van der Waals surface area (Å²) in [6, 6.07) is 8.18. The quantitative estimate of drug-likeness (QED) is 0.597. The number of carbonyl (C=O) groups excluding carboxylic acids is 1. The van der Waals surface area contributed by atoms with Crippen molar-refractivity contribution in [1.82, 2.24) is 28.8 Å². The maximum Gasteiger partial charge on any atom is 0.322 e. The van der Waals surface area contributed by atoms with Crippen LogP contribution in [0.4, 0.5) is 10.5 Å². The monoisotopic (exact) mass is 375 g/mol. The van der Waals surface area contributed by atoms with E-state index in [2.05, 4.69) is 30.9 Å². The maximum absolute atomic E-state index is 12.9. The zero-order chi connectivity index (χ0) is 19.1. The smallest absolute Gasteiger partial charge is 0.322 e. The van der Waals surface area contributed by atoms with E-state index in [0.717, 1.165) is 42.8 Å². The Bertz CT molecular complexity index is 1160. The number of hydrogen-bond acceptors (Lipinski definition) is 4. The summed E-state index contributed by atoms with van der Waals surface area (Å²) in [5.41, 5.74) is 2.76. The van der Waals surface area contributed by atoms with Crippen molar-refractivity contribution in [3.63, 3.8) is 0 Å². The molecule has 2 amide bonds. The number of nitrogens with one attached hydrogen (secondary N) is 1. The first-order chi connectivity index (χ1) is 13.7.